The first-order chi connectivity index (χ1) is 14.5. The van der Waals surface area contributed by atoms with E-state index in [9.17, 15) is 19.5 Å². The van der Waals surface area contributed by atoms with Crippen molar-refractivity contribution in [1.29, 1.82) is 0 Å². The molecule has 174 valence electrons. The lowest BCUT2D eigenvalue weighted by atomic mass is 9.44. The van der Waals surface area contributed by atoms with Crippen LogP contribution in [0.2, 0.25) is 0 Å². The average Bonchev–Trinajstić information content (AvgIpc) is 2.98. The van der Waals surface area contributed by atoms with Gasteiger partial charge in [0.25, 0.3) is 0 Å². The van der Waals surface area contributed by atoms with E-state index in [1.54, 1.807) is 0 Å². The van der Waals surface area contributed by atoms with Gasteiger partial charge in [-0.15, -0.1) is 0 Å². The molecular formula is C25H38O6. The van der Waals surface area contributed by atoms with Crippen LogP contribution in [0.4, 0.5) is 0 Å². The van der Waals surface area contributed by atoms with E-state index in [1.165, 1.54) is 13.8 Å². The molecule has 4 saturated carbocycles. The van der Waals surface area contributed by atoms with Gasteiger partial charge in [-0.05, 0) is 86.9 Å². The minimum atomic E-state index is -1.40. The highest BCUT2D eigenvalue weighted by atomic mass is 16.5. The van der Waals surface area contributed by atoms with Gasteiger partial charge >= 0.3 is 11.9 Å². The molecule has 31 heavy (non-hydrogen) atoms. The Hall–Kier alpha value is -1.43. The van der Waals surface area contributed by atoms with Crippen molar-refractivity contribution < 1.29 is 29.0 Å². The second kappa shape index (κ2) is 7.86. The summed E-state index contributed by atoms with van der Waals surface area (Å²) in [7, 11) is 0. The number of ketones is 1. The molecule has 6 heteroatoms. The van der Waals surface area contributed by atoms with Crippen molar-refractivity contribution in [3.63, 3.8) is 0 Å². The predicted molar refractivity (Wildman–Crippen MR) is 114 cm³/mol. The molecule has 0 heterocycles. The molecule has 0 amide bonds. The summed E-state index contributed by atoms with van der Waals surface area (Å²) in [4.78, 5) is 35.6. The third-order valence-corrected chi connectivity index (χ3v) is 9.97. The van der Waals surface area contributed by atoms with Crippen LogP contribution < -0.4 is 0 Å². The van der Waals surface area contributed by atoms with Crippen LogP contribution in [-0.4, -0.2) is 41.1 Å². The largest absolute Gasteiger partial charge is 0.463 e. The summed E-state index contributed by atoms with van der Waals surface area (Å²) in [6.45, 7) is 6.99. The Morgan fingerprint density at radius 3 is 2.29 bits per heavy atom. The zero-order valence-electron chi connectivity index (χ0n) is 19.4. The Morgan fingerprint density at radius 2 is 1.61 bits per heavy atom. The fraction of sp³-hybridized carbons (Fsp3) is 0.880. The molecule has 0 aromatic carbocycles. The number of esters is 2. The van der Waals surface area contributed by atoms with Crippen LogP contribution in [0.25, 0.3) is 0 Å². The molecule has 0 spiro atoms. The van der Waals surface area contributed by atoms with Crippen molar-refractivity contribution >= 4 is 17.7 Å². The van der Waals surface area contributed by atoms with Gasteiger partial charge in [-0.1, -0.05) is 13.8 Å². The second-order valence-corrected chi connectivity index (χ2v) is 11.2. The van der Waals surface area contributed by atoms with Crippen LogP contribution in [-0.2, 0) is 23.9 Å². The molecule has 0 saturated heterocycles. The lowest BCUT2D eigenvalue weighted by molar-refractivity contribution is -0.179. The minimum absolute atomic E-state index is 0.0523. The van der Waals surface area contributed by atoms with Crippen molar-refractivity contribution in [2.75, 3.05) is 6.61 Å². The fourth-order valence-corrected chi connectivity index (χ4v) is 8.32. The molecule has 8 atom stereocenters. The van der Waals surface area contributed by atoms with Gasteiger partial charge in [0.2, 0.25) is 5.78 Å². The van der Waals surface area contributed by atoms with Crippen molar-refractivity contribution in [1.82, 2.24) is 0 Å². The third-order valence-electron chi connectivity index (χ3n) is 9.97. The first-order valence-corrected chi connectivity index (χ1v) is 12.1. The van der Waals surface area contributed by atoms with Gasteiger partial charge in [0.1, 0.15) is 11.7 Å². The SMILES string of the molecule is CC(=O)OCC(=O)[C@@]1(O)CC[C@H]2[C@@H]3CC[C@H]4C[C@H](OC(C)=O)CC[C@]4(C)[C@H]3CC[C@@]21C. The van der Waals surface area contributed by atoms with Crippen LogP contribution in [0.15, 0.2) is 0 Å². The van der Waals surface area contributed by atoms with E-state index in [0.29, 0.717) is 30.1 Å². The average molecular weight is 435 g/mol. The van der Waals surface area contributed by atoms with E-state index in [4.69, 9.17) is 9.47 Å². The number of hydrogen-bond donors (Lipinski definition) is 1. The normalized spacial score (nSPS) is 46.3. The van der Waals surface area contributed by atoms with Crippen LogP contribution in [0, 0.1) is 34.5 Å². The van der Waals surface area contributed by atoms with E-state index in [-0.39, 0.29) is 29.9 Å². The number of aliphatic hydroxyl groups is 1. The van der Waals surface area contributed by atoms with E-state index < -0.39 is 17.0 Å². The number of carbonyl (C=O) groups excluding carboxylic acids is 3. The van der Waals surface area contributed by atoms with Crippen molar-refractivity contribution in [3.8, 4) is 0 Å². The summed E-state index contributed by atoms with van der Waals surface area (Å²) < 4.78 is 10.5. The van der Waals surface area contributed by atoms with E-state index >= 15 is 0 Å². The Morgan fingerprint density at radius 1 is 0.903 bits per heavy atom. The number of hydrogen-bond acceptors (Lipinski definition) is 6. The van der Waals surface area contributed by atoms with Crippen LogP contribution in [0.1, 0.15) is 85.5 Å². The lowest BCUT2D eigenvalue weighted by Crippen LogP contribution is -2.59. The van der Waals surface area contributed by atoms with Crippen molar-refractivity contribution in [2.24, 2.45) is 34.5 Å². The molecule has 0 bridgehead atoms. The molecule has 0 unspecified atom stereocenters. The number of Topliss-reactive ketones (excluding diaryl/α,β-unsaturated/α-hetero) is 1. The highest BCUT2D eigenvalue weighted by molar-refractivity contribution is 5.90. The van der Waals surface area contributed by atoms with Gasteiger partial charge in [-0.25, -0.2) is 0 Å². The van der Waals surface area contributed by atoms with Gasteiger partial charge in [-0.2, -0.15) is 0 Å². The standard InChI is InChI=1S/C25H38O6/c1-15(26)30-14-22(28)25(29)12-9-21-19-6-5-17-13-18(31-16(2)27)7-10-23(17,3)20(19)8-11-24(21,25)4/h17-21,29H,5-14H2,1-4H3/t17-,18+,19+,20-,21-,23-,24-,25-/m0/s1. The summed E-state index contributed by atoms with van der Waals surface area (Å²) in [5, 5.41) is 11.5. The number of ether oxygens (including phenoxy) is 2. The molecule has 4 fully saturated rings. The molecular weight excluding hydrogens is 396 g/mol. The topological polar surface area (TPSA) is 89.9 Å². The van der Waals surface area contributed by atoms with Crippen molar-refractivity contribution in [3.05, 3.63) is 0 Å². The summed E-state index contributed by atoms with van der Waals surface area (Å²) in [5.41, 5.74) is -1.62. The molecule has 4 aliphatic carbocycles. The van der Waals surface area contributed by atoms with Crippen molar-refractivity contribution in [2.45, 2.75) is 97.2 Å². The van der Waals surface area contributed by atoms with Crippen LogP contribution in [0.5, 0.6) is 0 Å². The molecule has 6 nitrogen and oxygen atoms in total. The maximum Gasteiger partial charge on any atom is 0.303 e. The van der Waals surface area contributed by atoms with Gasteiger partial charge in [0, 0.05) is 19.3 Å². The molecule has 4 aliphatic rings. The predicted octanol–water partition coefficient (Wildman–Crippen LogP) is 3.82. The molecule has 0 radical (unpaired) electrons. The highest BCUT2D eigenvalue weighted by Gasteiger charge is 2.66. The van der Waals surface area contributed by atoms with Gasteiger partial charge < -0.3 is 14.6 Å². The number of carbonyl (C=O) groups is 3. The first-order valence-electron chi connectivity index (χ1n) is 12.1. The van der Waals surface area contributed by atoms with E-state index in [2.05, 4.69) is 13.8 Å². The molecule has 1 N–H and O–H groups in total. The Balaban J connectivity index is 1.52. The summed E-state index contributed by atoms with van der Waals surface area (Å²) in [6, 6.07) is 0. The zero-order valence-corrected chi connectivity index (χ0v) is 19.4. The maximum atomic E-state index is 12.9. The Bertz CT molecular complexity index is 763. The summed E-state index contributed by atoms with van der Waals surface area (Å²) >= 11 is 0. The molecule has 0 aromatic rings. The van der Waals surface area contributed by atoms with Gasteiger partial charge in [0.05, 0.1) is 0 Å². The fourth-order valence-electron chi connectivity index (χ4n) is 8.32. The van der Waals surface area contributed by atoms with Crippen LogP contribution in [0.3, 0.4) is 0 Å². The Kier molecular flexibility index (Phi) is 5.77. The molecule has 4 rings (SSSR count). The summed E-state index contributed by atoms with van der Waals surface area (Å²) in [6.07, 6.45) is 8.45. The molecule has 0 aromatic heterocycles. The van der Waals surface area contributed by atoms with Gasteiger partial charge in [0.15, 0.2) is 6.61 Å². The lowest BCUT2D eigenvalue weighted by Gasteiger charge is -2.61. The van der Waals surface area contributed by atoms with E-state index in [1.807, 2.05) is 0 Å². The van der Waals surface area contributed by atoms with Gasteiger partial charge in [-0.3, -0.25) is 14.4 Å². The number of rotatable bonds is 4. The quantitative estimate of drug-likeness (QED) is 0.677. The maximum absolute atomic E-state index is 12.9. The zero-order chi connectivity index (χ0) is 22.6. The molecule has 0 aliphatic heterocycles. The second-order valence-electron chi connectivity index (χ2n) is 11.2. The van der Waals surface area contributed by atoms with Crippen LogP contribution >= 0.6 is 0 Å². The number of fused-ring (bicyclic) bond motifs is 5. The van der Waals surface area contributed by atoms with E-state index in [0.717, 1.165) is 51.4 Å². The third kappa shape index (κ3) is 3.53. The summed E-state index contributed by atoms with van der Waals surface area (Å²) in [5.74, 6) is 0.987. The first kappa shape index (κ1) is 22.8. The smallest absolute Gasteiger partial charge is 0.303 e. The highest BCUT2D eigenvalue weighted by Crippen LogP contribution is 2.68. The minimum Gasteiger partial charge on any atom is -0.463 e. The monoisotopic (exact) mass is 434 g/mol. The Labute approximate surface area is 185 Å².